The smallest absolute Gasteiger partial charge is 0.326 e. The first-order chi connectivity index (χ1) is 17.2. The molecule has 0 saturated heterocycles. The highest BCUT2D eigenvalue weighted by Crippen LogP contribution is 3.08. The molecule has 1 saturated carbocycles. The van der Waals surface area contributed by atoms with Gasteiger partial charge in [-0.05, 0) is 21.8 Å². The van der Waals surface area contributed by atoms with E-state index in [0.717, 1.165) is 10.4 Å². The fourth-order valence-corrected chi connectivity index (χ4v) is 13.1. The van der Waals surface area contributed by atoms with E-state index in [-0.39, 0.29) is 0 Å². The zero-order valence-electron chi connectivity index (χ0n) is 21.5. The Morgan fingerprint density at radius 1 is 0.868 bits per heavy atom. The Bertz CT molecular complexity index is 1150. The fraction of sp³-hybridized carbons (Fsp3) is 0.440. The lowest BCUT2D eigenvalue weighted by molar-refractivity contribution is -0.162. The first-order valence-electron chi connectivity index (χ1n) is 11.6. The highest BCUT2D eigenvalue weighted by molar-refractivity contribution is 8.46. The van der Waals surface area contributed by atoms with Crippen LogP contribution in [0.1, 0.15) is 27.2 Å². The quantitative estimate of drug-likeness (QED) is 0.117. The average molecular weight is 601 g/mol. The third kappa shape index (κ3) is 4.73. The van der Waals surface area contributed by atoms with Crippen molar-refractivity contribution in [2.24, 2.45) is 5.41 Å². The zero-order chi connectivity index (χ0) is 28.9. The maximum Gasteiger partial charge on any atom is 0.326 e. The van der Waals surface area contributed by atoms with E-state index in [2.05, 4.69) is 9.47 Å². The number of esters is 2. The second-order valence-corrected chi connectivity index (χ2v) is 17.8. The molecule has 1 aliphatic carbocycles. The van der Waals surface area contributed by atoms with Gasteiger partial charge in [0.15, 0.2) is 0 Å². The number of methoxy groups -OCH3 is 2. The lowest BCUT2D eigenvalue weighted by atomic mass is 10.0. The van der Waals surface area contributed by atoms with Crippen molar-refractivity contribution < 1.29 is 42.9 Å². The molecule has 0 N–H and O–H groups in total. The van der Waals surface area contributed by atoms with Gasteiger partial charge >= 0.3 is 11.9 Å². The summed E-state index contributed by atoms with van der Waals surface area (Å²) in [4.78, 5) is 22.0. The molecule has 0 aliphatic heterocycles. The molecule has 0 heterocycles. The maximum atomic E-state index is 14.2. The SMILES string of the molecule is COC(=O)C1(C(=O)OC)[C@@H](S(F)(F)(F)(F)F)[C@@]1(Cl)CCO[Si](c1ccccc1)(c1ccccc1)C(C)(C)C. The van der Waals surface area contributed by atoms with Gasteiger partial charge in [0.1, 0.15) is 5.25 Å². The van der Waals surface area contributed by atoms with Crippen molar-refractivity contribution >= 4 is 52.5 Å². The van der Waals surface area contributed by atoms with Crippen molar-refractivity contribution in [2.45, 2.75) is 42.4 Å². The van der Waals surface area contributed by atoms with Crippen LogP contribution >= 0.6 is 21.8 Å². The number of hydrogen-bond acceptors (Lipinski definition) is 5. The van der Waals surface area contributed by atoms with E-state index in [1.807, 2.05) is 45.0 Å². The molecule has 38 heavy (non-hydrogen) atoms. The van der Waals surface area contributed by atoms with E-state index in [0.29, 0.717) is 14.2 Å². The van der Waals surface area contributed by atoms with Gasteiger partial charge in [-0.25, -0.2) is 0 Å². The van der Waals surface area contributed by atoms with Crippen LogP contribution in [0.2, 0.25) is 5.04 Å². The Labute approximate surface area is 224 Å². The van der Waals surface area contributed by atoms with Crippen LogP contribution in [0.15, 0.2) is 60.7 Å². The van der Waals surface area contributed by atoms with Gasteiger partial charge in [-0.1, -0.05) is 101 Å². The first kappa shape index (κ1) is 30.4. The molecule has 2 aromatic carbocycles. The van der Waals surface area contributed by atoms with E-state index >= 15 is 0 Å². The molecule has 0 spiro atoms. The second kappa shape index (κ2) is 8.93. The third-order valence-corrected chi connectivity index (χ3v) is 14.6. The Kier molecular flexibility index (Phi) is 7.14. The van der Waals surface area contributed by atoms with Gasteiger partial charge in [0.25, 0.3) is 18.5 Å². The summed E-state index contributed by atoms with van der Waals surface area (Å²) >= 11 is 6.24. The number of halogens is 6. The van der Waals surface area contributed by atoms with E-state index in [4.69, 9.17) is 16.0 Å². The summed E-state index contributed by atoms with van der Waals surface area (Å²) in [5.74, 6) is -3.69. The van der Waals surface area contributed by atoms with Crippen LogP contribution in [0, 0.1) is 5.41 Å². The normalized spacial score (nSPS) is 23.1. The van der Waals surface area contributed by atoms with Crippen LogP contribution in [-0.2, 0) is 23.5 Å². The Morgan fingerprint density at radius 3 is 1.58 bits per heavy atom. The van der Waals surface area contributed by atoms with Crippen LogP contribution in [0.4, 0.5) is 19.4 Å². The molecule has 1 aliphatic rings. The lowest BCUT2D eigenvalue weighted by Crippen LogP contribution is -2.66. The van der Waals surface area contributed by atoms with Gasteiger partial charge in [-0.15, -0.1) is 11.6 Å². The van der Waals surface area contributed by atoms with Crippen LogP contribution < -0.4 is 10.4 Å². The van der Waals surface area contributed by atoms with Crippen molar-refractivity contribution in [2.75, 3.05) is 20.8 Å². The molecule has 0 unspecified atom stereocenters. The molecule has 0 bridgehead atoms. The summed E-state index contributed by atoms with van der Waals surface area (Å²) in [6, 6.07) is 18.1. The predicted octanol–water partition coefficient (Wildman–Crippen LogP) is 5.94. The maximum absolute atomic E-state index is 14.2. The highest BCUT2D eigenvalue weighted by Gasteiger charge is 3.01. The first-order valence-corrected chi connectivity index (χ1v) is 15.9. The number of benzene rings is 2. The van der Waals surface area contributed by atoms with E-state index < -0.39 is 64.1 Å². The Hall–Kier alpha value is -2.15. The summed E-state index contributed by atoms with van der Waals surface area (Å²) in [6.45, 7) is 5.18. The van der Waals surface area contributed by atoms with Crippen LogP contribution in [0.5, 0.6) is 0 Å². The molecule has 5 nitrogen and oxygen atoms in total. The number of carbonyl (C=O) groups excluding carboxylic acids is 2. The predicted molar refractivity (Wildman–Crippen MR) is 140 cm³/mol. The number of ether oxygens (including phenoxy) is 2. The van der Waals surface area contributed by atoms with E-state index in [9.17, 15) is 29.0 Å². The van der Waals surface area contributed by atoms with Gasteiger partial charge in [0, 0.05) is 6.61 Å². The Morgan fingerprint density at radius 2 is 1.26 bits per heavy atom. The topological polar surface area (TPSA) is 61.8 Å². The molecule has 0 radical (unpaired) electrons. The zero-order valence-corrected chi connectivity index (χ0v) is 24.1. The minimum absolute atomic E-state index is 0.559. The van der Waals surface area contributed by atoms with E-state index in [1.54, 1.807) is 36.4 Å². The molecule has 13 heteroatoms. The summed E-state index contributed by atoms with van der Waals surface area (Å²) in [5, 5.41) is -2.80. The fourth-order valence-electron chi connectivity index (χ4n) is 5.55. The van der Waals surface area contributed by atoms with Crippen molar-refractivity contribution in [1.29, 1.82) is 0 Å². The molecule has 0 aromatic heterocycles. The standard InChI is InChI=1S/C25H30ClF5O5SSi/c1-23(2,3)38(18-12-8-6-9-13-18,19-14-10-7-11-15-19)36-17-16-24(26)20(37(27,28,29,30)31)25(24,21(32)34-4)22(33)35-5/h6-15,20H,16-17H2,1-5H3/t20-,24-/m0/s1. The third-order valence-electron chi connectivity index (χ3n) is 7.04. The number of rotatable bonds is 9. The summed E-state index contributed by atoms with van der Waals surface area (Å²) in [7, 11) is -12.5. The van der Waals surface area contributed by atoms with Crippen molar-refractivity contribution in [3.05, 3.63) is 60.7 Å². The molecule has 2 aromatic rings. The minimum Gasteiger partial charge on any atom is -0.468 e. The van der Waals surface area contributed by atoms with Crippen LogP contribution in [0.25, 0.3) is 0 Å². The second-order valence-electron chi connectivity index (χ2n) is 10.3. The molecule has 3 rings (SSSR count). The highest BCUT2D eigenvalue weighted by atomic mass is 35.5. The average Bonchev–Trinajstić information content (AvgIpc) is 3.42. The van der Waals surface area contributed by atoms with Gasteiger partial charge in [-0.2, -0.15) is 0 Å². The number of alkyl halides is 1. The molecular weight excluding hydrogens is 571 g/mol. The van der Waals surface area contributed by atoms with Gasteiger partial charge in [0.2, 0.25) is 5.41 Å². The summed E-state index contributed by atoms with van der Waals surface area (Å²) < 4.78 is 86.4. The number of hydrogen-bond donors (Lipinski definition) is 0. The van der Waals surface area contributed by atoms with Gasteiger partial charge in [-0.3, -0.25) is 9.59 Å². The lowest BCUT2D eigenvalue weighted by Gasteiger charge is -2.43. The van der Waals surface area contributed by atoms with Crippen molar-refractivity contribution in [3.8, 4) is 0 Å². The minimum atomic E-state index is -10.5. The van der Waals surface area contributed by atoms with E-state index in [1.165, 1.54) is 0 Å². The van der Waals surface area contributed by atoms with Crippen LogP contribution in [0.3, 0.4) is 0 Å². The molecule has 1 fully saturated rings. The van der Waals surface area contributed by atoms with Crippen molar-refractivity contribution in [1.82, 2.24) is 0 Å². The van der Waals surface area contributed by atoms with Crippen molar-refractivity contribution in [3.63, 3.8) is 0 Å². The summed E-state index contributed by atoms with van der Waals surface area (Å²) in [6.07, 6.45) is -0.903. The molecule has 2 atom stereocenters. The summed E-state index contributed by atoms with van der Waals surface area (Å²) in [5.41, 5.74) is -3.48. The van der Waals surface area contributed by atoms with Crippen LogP contribution in [-0.4, -0.2) is 51.2 Å². The largest absolute Gasteiger partial charge is 0.468 e. The monoisotopic (exact) mass is 600 g/mol. The Balaban J connectivity index is 2.12. The van der Waals surface area contributed by atoms with Gasteiger partial charge < -0.3 is 13.9 Å². The molecular formula is C25H30ClF5O5SSi. The molecule has 0 amide bonds. The number of carbonyl (C=O) groups is 2. The van der Waals surface area contributed by atoms with Gasteiger partial charge in [0.05, 0.1) is 19.1 Å². The molecule has 212 valence electrons.